The molecule has 0 aliphatic carbocycles. The summed E-state index contributed by atoms with van der Waals surface area (Å²) >= 11 is 3.74. The molecule has 2 heteroatoms. The van der Waals surface area contributed by atoms with Crippen LogP contribution in [0.15, 0.2) is 0 Å². The normalized spacial score (nSPS) is 9.00. The Labute approximate surface area is 36.0 Å². The van der Waals surface area contributed by atoms with Crippen LogP contribution in [0.4, 0.5) is 0 Å². The van der Waals surface area contributed by atoms with Crippen molar-refractivity contribution in [3.8, 4) is 0 Å². The van der Waals surface area contributed by atoms with Gasteiger partial charge in [0.1, 0.15) is 0 Å². The molecule has 0 nitrogen and oxygen atoms in total. The van der Waals surface area contributed by atoms with Gasteiger partial charge < -0.3 is 0 Å². The molecule has 4 heavy (non-hydrogen) atoms. The molecule has 0 aliphatic heterocycles. The summed E-state index contributed by atoms with van der Waals surface area (Å²) in [6.45, 7) is 0. The van der Waals surface area contributed by atoms with Gasteiger partial charge in [-0.1, -0.05) is 0 Å². The van der Waals surface area contributed by atoms with Crippen molar-refractivity contribution < 1.29 is 0 Å². The van der Waals surface area contributed by atoms with Gasteiger partial charge in [-0.3, -0.25) is 0 Å². The van der Waals surface area contributed by atoms with Gasteiger partial charge in [-0.2, -0.15) is 0 Å². The average Bonchev–Trinajstić information content (AvgIpc) is 0.811. The summed E-state index contributed by atoms with van der Waals surface area (Å²) in [4.78, 5) is 0. The van der Waals surface area contributed by atoms with E-state index in [0.29, 0.717) is 0 Å². The van der Waals surface area contributed by atoms with Crippen molar-refractivity contribution in [1.82, 2.24) is 0 Å². The van der Waals surface area contributed by atoms with Gasteiger partial charge in [0.15, 0.2) is 0 Å². The van der Waals surface area contributed by atoms with Crippen LogP contribution in [0.25, 0.3) is 0 Å². The zero-order chi connectivity index (χ0) is 3.58. The van der Waals surface area contributed by atoms with Crippen molar-refractivity contribution in [3.63, 3.8) is 0 Å². The Morgan fingerprint density at radius 2 is 1.50 bits per heavy atom. The van der Waals surface area contributed by atoms with Crippen LogP contribution in [-0.2, 0) is 0 Å². The van der Waals surface area contributed by atoms with Crippen LogP contribution in [0.2, 0.25) is 11.6 Å². The zero-order valence-corrected chi connectivity index (χ0v) is 5.46. The van der Waals surface area contributed by atoms with Gasteiger partial charge in [0.2, 0.25) is 0 Å². The predicted molar refractivity (Wildman–Crippen MR) is 26.5 cm³/mol. The van der Waals surface area contributed by atoms with Gasteiger partial charge >= 0.3 is 35.5 Å². The van der Waals surface area contributed by atoms with E-state index in [1.165, 1.54) is 0 Å². The Morgan fingerprint density at radius 1 is 1.50 bits per heavy atom. The van der Waals surface area contributed by atoms with Crippen molar-refractivity contribution in [2.24, 2.45) is 0 Å². The van der Waals surface area contributed by atoms with Gasteiger partial charge in [0.25, 0.3) is 0 Å². The van der Waals surface area contributed by atoms with Gasteiger partial charge in [-0.05, 0) is 0 Å². The molecule has 0 N–H and O–H groups in total. The van der Waals surface area contributed by atoms with E-state index in [-0.39, 0.29) is 12.8 Å². The van der Waals surface area contributed by atoms with Crippen LogP contribution in [0.3, 0.4) is 0 Å². The molecular formula is C2H7SSe. The van der Waals surface area contributed by atoms with Crippen LogP contribution in [0.5, 0.6) is 0 Å². The Kier molecular flexibility index (Phi) is 2.59. The summed E-state index contributed by atoms with van der Waals surface area (Å²) in [6.07, 6.45) is 0. The fourth-order valence-electron chi connectivity index (χ4n) is 0. The van der Waals surface area contributed by atoms with Crippen molar-refractivity contribution >= 4 is 23.8 Å². The molecule has 0 atom stereocenters. The first kappa shape index (κ1) is 4.87. The van der Waals surface area contributed by atoms with E-state index in [0.717, 1.165) is 0 Å². The van der Waals surface area contributed by atoms with Crippen LogP contribution in [0, 0.1) is 0 Å². The second-order valence-corrected chi connectivity index (χ2v) is 7.81. The monoisotopic (exact) mass is 143 g/mol. The molecule has 0 aromatic heterocycles. The number of rotatable bonds is 0. The van der Waals surface area contributed by atoms with E-state index >= 15 is 0 Å². The third-order valence-electron chi connectivity index (χ3n) is 0. The minimum atomic E-state index is -0.347. The van der Waals surface area contributed by atoms with Crippen LogP contribution in [-0.4, -0.2) is 12.8 Å². The second kappa shape index (κ2) is 2.13. The zero-order valence-electron chi connectivity index (χ0n) is 2.86. The van der Waals surface area contributed by atoms with Gasteiger partial charge in [0, 0.05) is 0 Å². The van der Waals surface area contributed by atoms with E-state index in [9.17, 15) is 0 Å². The fraction of sp³-hybridized carbons (Fsp3) is 1.00. The molecule has 0 aliphatic rings. The summed E-state index contributed by atoms with van der Waals surface area (Å²) in [7, 11) is 0. The number of hydrogen-bond acceptors (Lipinski definition) is 1. The molecule has 27 valence electrons. The summed E-state index contributed by atoms with van der Waals surface area (Å²) in [5, 5.41) is 0. The van der Waals surface area contributed by atoms with Crippen molar-refractivity contribution in [2.45, 2.75) is 11.6 Å². The standard InChI is InChI=1S/C2H7SSe/c1-4(2)3/h3H,1-2H3. The first-order valence-electron chi connectivity index (χ1n) is 0.999. The molecule has 0 fully saturated rings. The first-order chi connectivity index (χ1) is 1.73. The van der Waals surface area contributed by atoms with E-state index in [2.05, 4.69) is 22.7 Å². The molecule has 0 rings (SSSR count). The number of hydrogen-bond donors (Lipinski definition) is 1. The predicted octanol–water partition coefficient (Wildman–Crippen LogP) is 1.17. The average molecular weight is 142 g/mol. The topological polar surface area (TPSA) is 0 Å². The minimum absolute atomic E-state index is 0.347. The fourth-order valence-corrected chi connectivity index (χ4v) is 0. The Bertz CT molecular complexity index is 10.8. The first-order valence-corrected chi connectivity index (χ1v) is 7.09. The van der Waals surface area contributed by atoms with E-state index < -0.39 is 0 Å². The quantitative estimate of drug-likeness (QED) is 0.381. The molecule has 0 amide bonds. The maximum atomic E-state index is 4.09. The molecule has 0 saturated carbocycles. The molecule has 0 spiro atoms. The molecule has 0 aromatic carbocycles. The SMILES string of the molecule is C[Se](C)S. The summed E-state index contributed by atoms with van der Waals surface area (Å²) in [5.74, 6) is 4.31. The maximum absolute atomic E-state index is 4.09. The van der Waals surface area contributed by atoms with Gasteiger partial charge in [0.05, 0.1) is 0 Å². The van der Waals surface area contributed by atoms with Gasteiger partial charge in [-0.25, -0.2) is 0 Å². The van der Waals surface area contributed by atoms with Crippen molar-refractivity contribution in [3.05, 3.63) is 0 Å². The van der Waals surface area contributed by atoms with Crippen molar-refractivity contribution in [2.75, 3.05) is 0 Å². The Morgan fingerprint density at radius 3 is 1.50 bits per heavy atom. The Hall–Kier alpha value is 0.869. The molecule has 0 heterocycles. The van der Waals surface area contributed by atoms with Crippen LogP contribution < -0.4 is 0 Å². The van der Waals surface area contributed by atoms with E-state index in [1.54, 1.807) is 0 Å². The van der Waals surface area contributed by atoms with E-state index in [4.69, 9.17) is 0 Å². The van der Waals surface area contributed by atoms with Crippen molar-refractivity contribution in [1.29, 1.82) is 0 Å². The van der Waals surface area contributed by atoms with Crippen LogP contribution in [0.1, 0.15) is 0 Å². The molecule has 0 unspecified atom stereocenters. The molecule has 0 saturated heterocycles. The molecular weight excluding hydrogens is 135 g/mol. The summed E-state index contributed by atoms with van der Waals surface area (Å²) in [6, 6.07) is 0. The third kappa shape index (κ3) is 13.3. The van der Waals surface area contributed by atoms with E-state index in [1.807, 2.05) is 0 Å². The molecule has 0 bridgehead atoms. The number of thiol groups is 1. The summed E-state index contributed by atoms with van der Waals surface area (Å²) < 4.78 is 0. The molecule has 1 radical (unpaired) electrons. The molecule has 0 aromatic rings. The van der Waals surface area contributed by atoms with Crippen LogP contribution >= 0.6 is 11.0 Å². The Balaban J connectivity index is 2.32. The van der Waals surface area contributed by atoms with Gasteiger partial charge in [-0.15, -0.1) is 0 Å². The second-order valence-electron chi connectivity index (χ2n) is 0.773. The third-order valence-corrected chi connectivity index (χ3v) is 0. The summed E-state index contributed by atoms with van der Waals surface area (Å²) in [5.41, 5.74) is 0.